The molecule has 0 spiro atoms. The summed E-state index contributed by atoms with van der Waals surface area (Å²) in [6, 6.07) is 7.57. The van der Waals surface area contributed by atoms with Gasteiger partial charge in [-0.25, -0.2) is 4.98 Å². The lowest BCUT2D eigenvalue weighted by molar-refractivity contribution is 0.0950. The van der Waals surface area contributed by atoms with Crippen LogP contribution in [0.25, 0.3) is 0 Å². The molecule has 1 aromatic carbocycles. The topological polar surface area (TPSA) is 42.0 Å². The summed E-state index contributed by atoms with van der Waals surface area (Å²) in [5.41, 5.74) is 1.36. The van der Waals surface area contributed by atoms with Gasteiger partial charge >= 0.3 is 0 Å². The number of nitrogens with one attached hydrogen (secondary N) is 1. The number of halogens is 1. The van der Waals surface area contributed by atoms with Crippen LogP contribution in [0.3, 0.4) is 0 Å². The smallest absolute Gasteiger partial charge is 0.270 e. The predicted octanol–water partition coefficient (Wildman–Crippen LogP) is 2.75. The first-order valence-corrected chi connectivity index (χ1v) is 6.90. The molecule has 2 rings (SSSR count). The van der Waals surface area contributed by atoms with Crippen molar-refractivity contribution < 1.29 is 4.79 Å². The number of hydrogen-bond donors (Lipinski definition) is 1. The van der Waals surface area contributed by atoms with Gasteiger partial charge in [-0.2, -0.15) is 0 Å². The van der Waals surface area contributed by atoms with Crippen LogP contribution in [0.1, 0.15) is 21.1 Å². The Morgan fingerprint density at radius 1 is 1.47 bits per heavy atom. The Morgan fingerprint density at radius 2 is 2.26 bits per heavy atom. The average molecular weight is 291 g/mol. The van der Waals surface area contributed by atoms with E-state index in [0.29, 0.717) is 28.7 Å². The second-order valence-electron chi connectivity index (χ2n) is 3.78. The maximum atomic E-state index is 11.8. The molecule has 0 saturated heterocycles. The number of rotatable bonds is 4. The fourth-order valence-electron chi connectivity index (χ4n) is 1.55. The standard InChI is InChI=1S/C14H11ClN2OS/c1-2-13-17-12(9-19-13)14(18)16-8-7-10-5-3-4-6-11(10)15/h1,3-6,9H,7-8H2,(H,16,18). The lowest BCUT2D eigenvalue weighted by Gasteiger charge is -2.05. The van der Waals surface area contributed by atoms with Crippen molar-refractivity contribution in [2.45, 2.75) is 6.42 Å². The van der Waals surface area contributed by atoms with Crippen molar-refractivity contribution in [1.82, 2.24) is 10.3 Å². The number of carbonyl (C=O) groups is 1. The van der Waals surface area contributed by atoms with Crippen molar-refractivity contribution in [2.75, 3.05) is 6.54 Å². The van der Waals surface area contributed by atoms with E-state index in [9.17, 15) is 4.79 Å². The summed E-state index contributed by atoms with van der Waals surface area (Å²) in [7, 11) is 0. The van der Waals surface area contributed by atoms with E-state index in [4.69, 9.17) is 18.0 Å². The highest BCUT2D eigenvalue weighted by atomic mass is 35.5. The molecule has 1 heterocycles. The largest absolute Gasteiger partial charge is 0.350 e. The van der Waals surface area contributed by atoms with E-state index in [1.807, 2.05) is 24.3 Å². The summed E-state index contributed by atoms with van der Waals surface area (Å²) in [5, 5.41) is 5.66. The quantitative estimate of drug-likeness (QED) is 0.880. The summed E-state index contributed by atoms with van der Waals surface area (Å²) < 4.78 is 0. The molecule has 5 heteroatoms. The fraction of sp³-hybridized carbons (Fsp3) is 0.143. The van der Waals surface area contributed by atoms with E-state index in [0.717, 1.165) is 5.56 Å². The molecule has 0 fully saturated rings. The lowest BCUT2D eigenvalue weighted by atomic mass is 10.1. The highest BCUT2D eigenvalue weighted by Crippen LogP contribution is 2.15. The van der Waals surface area contributed by atoms with E-state index in [1.165, 1.54) is 11.3 Å². The zero-order valence-electron chi connectivity index (χ0n) is 10.0. The third-order valence-corrected chi connectivity index (χ3v) is 3.64. The first-order valence-electron chi connectivity index (χ1n) is 5.64. The monoisotopic (exact) mass is 290 g/mol. The molecule has 3 nitrogen and oxygen atoms in total. The number of benzene rings is 1. The van der Waals surface area contributed by atoms with E-state index < -0.39 is 0 Å². The molecule has 1 aromatic heterocycles. The van der Waals surface area contributed by atoms with E-state index >= 15 is 0 Å². The van der Waals surface area contributed by atoms with Crippen molar-refractivity contribution in [3.05, 3.63) is 50.9 Å². The molecule has 1 amide bonds. The van der Waals surface area contributed by atoms with Crippen LogP contribution in [0.2, 0.25) is 5.02 Å². The molecular weight excluding hydrogens is 280 g/mol. The number of aromatic nitrogens is 1. The minimum atomic E-state index is -0.218. The van der Waals surface area contributed by atoms with Gasteiger partial charge < -0.3 is 5.32 Å². The van der Waals surface area contributed by atoms with Crippen LogP contribution in [-0.2, 0) is 6.42 Å². The Kier molecular flexibility index (Phi) is 4.56. The van der Waals surface area contributed by atoms with Crippen molar-refractivity contribution in [3.63, 3.8) is 0 Å². The Balaban J connectivity index is 1.88. The Bertz CT molecular complexity index is 630. The zero-order valence-corrected chi connectivity index (χ0v) is 11.6. The van der Waals surface area contributed by atoms with Crippen molar-refractivity contribution in [1.29, 1.82) is 0 Å². The van der Waals surface area contributed by atoms with E-state index in [1.54, 1.807) is 5.38 Å². The Labute approximate surface area is 120 Å². The predicted molar refractivity (Wildman–Crippen MR) is 77.5 cm³/mol. The van der Waals surface area contributed by atoms with Crippen LogP contribution in [0.15, 0.2) is 29.6 Å². The van der Waals surface area contributed by atoms with Gasteiger partial charge in [-0.05, 0) is 24.0 Å². The first kappa shape index (κ1) is 13.6. The van der Waals surface area contributed by atoms with Crippen molar-refractivity contribution in [3.8, 4) is 12.3 Å². The summed E-state index contributed by atoms with van der Waals surface area (Å²) in [5.74, 6) is 2.18. The zero-order chi connectivity index (χ0) is 13.7. The van der Waals surface area contributed by atoms with Gasteiger partial charge in [0.1, 0.15) is 5.69 Å². The number of thiazole rings is 1. The summed E-state index contributed by atoms with van der Waals surface area (Å²) in [6.07, 6.45) is 5.89. The third kappa shape index (κ3) is 3.57. The molecule has 0 aliphatic rings. The minimum absolute atomic E-state index is 0.218. The van der Waals surface area contributed by atoms with Gasteiger partial charge in [0.05, 0.1) is 0 Å². The first-order chi connectivity index (χ1) is 9.20. The van der Waals surface area contributed by atoms with Crippen LogP contribution < -0.4 is 5.32 Å². The number of nitrogens with zero attached hydrogens (tertiary/aromatic N) is 1. The summed E-state index contributed by atoms with van der Waals surface area (Å²) in [4.78, 5) is 15.8. The van der Waals surface area contributed by atoms with Gasteiger partial charge in [0.15, 0.2) is 5.01 Å². The van der Waals surface area contributed by atoms with Gasteiger partial charge in [0.25, 0.3) is 5.91 Å². The minimum Gasteiger partial charge on any atom is -0.350 e. The van der Waals surface area contributed by atoms with Crippen molar-refractivity contribution in [2.24, 2.45) is 0 Å². The number of terminal acetylenes is 1. The molecule has 0 bridgehead atoms. The summed E-state index contributed by atoms with van der Waals surface area (Å²) >= 11 is 7.31. The van der Waals surface area contributed by atoms with Crippen LogP contribution in [0.4, 0.5) is 0 Å². The molecule has 0 aliphatic carbocycles. The maximum absolute atomic E-state index is 11.8. The molecule has 0 aliphatic heterocycles. The average Bonchev–Trinajstić information content (AvgIpc) is 2.90. The Morgan fingerprint density at radius 3 is 2.95 bits per heavy atom. The second kappa shape index (κ2) is 6.37. The highest BCUT2D eigenvalue weighted by molar-refractivity contribution is 7.10. The van der Waals surface area contributed by atoms with E-state index in [2.05, 4.69) is 16.2 Å². The van der Waals surface area contributed by atoms with Crippen molar-refractivity contribution >= 4 is 28.8 Å². The molecule has 2 aromatic rings. The molecule has 0 radical (unpaired) electrons. The van der Waals surface area contributed by atoms with Gasteiger partial charge in [-0.1, -0.05) is 29.8 Å². The molecule has 0 saturated carbocycles. The number of amides is 1. The Hall–Kier alpha value is -1.83. The number of carbonyl (C=O) groups excluding carboxylic acids is 1. The SMILES string of the molecule is C#Cc1nc(C(=O)NCCc2ccccc2Cl)cs1. The molecule has 0 atom stereocenters. The normalized spacial score (nSPS) is 9.89. The van der Waals surface area contributed by atoms with Gasteiger partial charge in [-0.3, -0.25) is 4.79 Å². The van der Waals surface area contributed by atoms with Crippen LogP contribution in [0, 0.1) is 12.3 Å². The van der Waals surface area contributed by atoms with Crippen LogP contribution in [0.5, 0.6) is 0 Å². The highest BCUT2D eigenvalue weighted by Gasteiger charge is 2.09. The van der Waals surface area contributed by atoms with Gasteiger partial charge in [0, 0.05) is 16.9 Å². The molecular formula is C14H11ClN2OS. The maximum Gasteiger partial charge on any atom is 0.270 e. The van der Waals surface area contributed by atoms with Crippen LogP contribution >= 0.6 is 22.9 Å². The fourth-order valence-corrected chi connectivity index (χ4v) is 2.38. The molecule has 0 unspecified atom stereocenters. The van der Waals surface area contributed by atoms with Crippen LogP contribution in [-0.4, -0.2) is 17.4 Å². The number of hydrogen-bond acceptors (Lipinski definition) is 3. The molecule has 1 N–H and O–H groups in total. The molecule has 19 heavy (non-hydrogen) atoms. The van der Waals surface area contributed by atoms with Gasteiger partial charge in [-0.15, -0.1) is 17.8 Å². The second-order valence-corrected chi connectivity index (χ2v) is 5.04. The molecule has 96 valence electrons. The lowest BCUT2D eigenvalue weighted by Crippen LogP contribution is -2.26. The van der Waals surface area contributed by atoms with E-state index in [-0.39, 0.29) is 5.91 Å². The third-order valence-electron chi connectivity index (χ3n) is 2.50. The van der Waals surface area contributed by atoms with Gasteiger partial charge in [0.2, 0.25) is 0 Å². The summed E-state index contributed by atoms with van der Waals surface area (Å²) in [6.45, 7) is 0.505.